The molecule has 1 aliphatic carbocycles. The molecule has 3 N–H and O–H groups in total. The first-order chi connectivity index (χ1) is 6.97. The molecule has 1 aliphatic rings. The number of aliphatic hydroxyl groups is 2. The summed E-state index contributed by atoms with van der Waals surface area (Å²) in [6.45, 7) is 4.64. The van der Waals surface area contributed by atoms with Gasteiger partial charge in [-0.05, 0) is 39.7 Å². The molecule has 3 nitrogen and oxygen atoms in total. The molecule has 0 radical (unpaired) electrons. The van der Waals surface area contributed by atoms with E-state index in [2.05, 4.69) is 5.32 Å². The molecule has 0 aromatic carbocycles. The summed E-state index contributed by atoms with van der Waals surface area (Å²) in [6, 6.07) is 0. The fraction of sp³-hybridized carbons (Fsp3) is 1.00. The summed E-state index contributed by atoms with van der Waals surface area (Å²) in [6.07, 6.45) is 6.56. The van der Waals surface area contributed by atoms with Crippen LogP contribution in [0.1, 0.15) is 52.4 Å². The molecule has 0 amide bonds. The molecular weight excluding hydrogens is 190 g/mol. The molecule has 0 bridgehead atoms. The summed E-state index contributed by atoms with van der Waals surface area (Å²) >= 11 is 0. The molecule has 1 saturated carbocycles. The van der Waals surface area contributed by atoms with Crippen molar-refractivity contribution in [1.82, 2.24) is 5.32 Å². The van der Waals surface area contributed by atoms with E-state index in [1.54, 1.807) is 0 Å². The normalized spacial score (nSPS) is 21.6. The van der Waals surface area contributed by atoms with Crippen LogP contribution in [0.4, 0.5) is 0 Å². The summed E-state index contributed by atoms with van der Waals surface area (Å²) in [5.41, 5.74) is -0.679. The Balaban J connectivity index is 2.33. The van der Waals surface area contributed by atoms with Crippen LogP contribution in [0.25, 0.3) is 0 Å². The Morgan fingerprint density at radius 1 is 1.20 bits per heavy atom. The predicted octanol–water partition coefficient (Wildman–Crippen LogP) is 1.43. The third-order valence-corrected chi connectivity index (χ3v) is 3.35. The van der Waals surface area contributed by atoms with Crippen LogP contribution in [0.5, 0.6) is 0 Å². The van der Waals surface area contributed by atoms with Gasteiger partial charge in [-0.25, -0.2) is 0 Å². The third-order valence-electron chi connectivity index (χ3n) is 3.35. The minimum Gasteiger partial charge on any atom is -0.394 e. The average molecular weight is 215 g/mol. The SMILES string of the molecule is CC(C)(O)CCNC1(CO)CCCCC1. The van der Waals surface area contributed by atoms with Crippen molar-refractivity contribution in [3.05, 3.63) is 0 Å². The molecular formula is C12H25NO2. The van der Waals surface area contributed by atoms with Crippen molar-refractivity contribution in [1.29, 1.82) is 0 Å². The van der Waals surface area contributed by atoms with Gasteiger partial charge in [0, 0.05) is 5.54 Å². The van der Waals surface area contributed by atoms with E-state index < -0.39 is 5.60 Å². The Morgan fingerprint density at radius 2 is 1.80 bits per heavy atom. The highest BCUT2D eigenvalue weighted by atomic mass is 16.3. The summed E-state index contributed by atoms with van der Waals surface area (Å²) < 4.78 is 0. The van der Waals surface area contributed by atoms with E-state index in [-0.39, 0.29) is 12.1 Å². The minimum atomic E-state index is -0.613. The fourth-order valence-corrected chi connectivity index (χ4v) is 2.25. The first kappa shape index (κ1) is 12.9. The average Bonchev–Trinajstić information content (AvgIpc) is 2.17. The maximum absolute atomic E-state index is 9.60. The molecule has 90 valence electrons. The van der Waals surface area contributed by atoms with Crippen LogP contribution in [0.2, 0.25) is 0 Å². The molecule has 0 aromatic rings. The quantitative estimate of drug-likeness (QED) is 0.650. The van der Waals surface area contributed by atoms with E-state index in [1.807, 2.05) is 13.8 Å². The van der Waals surface area contributed by atoms with Gasteiger partial charge in [0.25, 0.3) is 0 Å². The number of aliphatic hydroxyl groups excluding tert-OH is 1. The zero-order valence-electron chi connectivity index (χ0n) is 10.1. The van der Waals surface area contributed by atoms with E-state index in [0.29, 0.717) is 0 Å². The first-order valence-corrected chi connectivity index (χ1v) is 6.06. The molecule has 1 fully saturated rings. The molecule has 3 heteroatoms. The smallest absolute Gasteiger partial charge is 0.0613 e. The highest BCUT2D eigenvalue weighted by Crippen LogP contribution is 2.27. The van der Waals surface area contributed by atoms with Crippen LogP contribution in [-0.4, -0.2) is 34.5 Å². The summed E-state index contributed by atoms with van der Waals surface area (Å²) in [4.78, 5) is 0. The van der Waals surface area contributed by atoms with Gasteiger partial charge in [-0.1, -0.05) is 19.3 Å². The van der Waals surface area contributed by atoms with Crippen molar-refractivity contribution in [3.8, 4) is 0 Å². The van der Waals surface area contributed by atoms with Gasteiger partial charge in [0.2, 0.25) is 0 Å². The Labute approximate surface area is 92.9 Å². The number of hydrogen-bond acceptors (Lipinski definition) is 3. The Bertz CT molecular complexity index is 181. The van der Waals surface area contributed by atoms with Gasteiger partial charge in [0.1, 0.15) is 0 Å². The topological polar surface area (TPSA) is 52.5 Å². The third kappa shape index (κ3) is 4.49. The van der Waals surface area contributed by atoms with Gasteiger partial charge in [-0.15, -0.1) is 0 Å². The molecule has 0 spiro atoms. The van der Waals surface area contributed by atoms with Gasteiger partial charge in [0.05, 0.1) is 12.2 Å². The van der Waals surface area contributed by atoms with Crippen LogP contribution in [0.15, 0.2) is 0 Å². The number of nitrogens with one attached hydrogen (secondary N) is 1. The van der Waals surface area contributed by atoms with Crippen molar-refractivity contribution >= 4 is 0 Å². The van der Waals surface area contributed by atoms with E-state index in [1.165, 1.54) is 19.3 Å². The van der Waals surface area contributed by atoms with E-state index in [4.69, 9.17) is 0 Å². The van der Waals surface area contributed by atoms with Crippen molar-refractivity contribution in [2.75, 3.05) is 13.2 Å². The molecule has 0 aliphatic heterocycles. The van der Waals surface area contributed by atoms with Crippen LogP contribution in [0.3, 0.4) is 0 Å². The highest BCUT2D eigenvalue weighted by Gasteiger charge is 2.30. The number of rotatable bonds is 5. The van der Waals surface area contributed by atoms with Crippen molar-refractivity contribution in [2.24, 2.45) is 0 Å². The van der Waals surface area contributed by atoms with Crippen LogP contribution in [-0.2, 0) is 0 Å². The zero-order chi connectivity index (χ0) is 11.4. The molecule has 1 rings (SSSR count). The molecule has 0 saturated heterocycles. The van der Waals surface area contributed by atoms with E-state index in [9.17, 15) is 10.2 Å². The van der Waals surface area contributed by atoms with Crippen LogP contribution >= 0.6 is 0 Å². The van der Waals surface area contributed by atoms with Crippen molar-refractivity contribution in [2.45, 2.75) is 63.5 Å². The molecule has 0 aromatic heterocycles. The highest BCUT2D eigenvalue weighted by molar-refractivity contribution is 4.90. The molecule has 0 unspecified atom stereocenters. The van der Waals surface area contributed by atoms with E-state index in [0.717, 1.165) is 25.8 Å². The second-order valence-electron chi connectivity index (χ2n) is 5.49. The molecule has 15 heavy (non-hydrogen) atoms. The summed E-state index contributed by atoms with van der Waals surface area (Å²) in [5, 5.41) is 22.5. The lowest BCUT2D eigenvalue weighted by atomic mass is 9.82. The Morgan fingerprint density at radius 3 is 2.27 bits per heavy atom. The van der Waals surface area contributed by atoms with Crippen molar-refractivity contribution in [3.63, 3.8) is 0 Å². The lowest BCUT2D eigenvalue weighted by molar-refractivity contribution is 0.0605. The van der Waals surface area contributed by atoms with E-state index >= 15 is 0 Å². The maximum Gasteiger partial charge on any atom is 0.0613 e. The van der Waals surface area contributed by atoms with Gasteiger partial charge in [0.15, 0.2) is 0 Å². The van der Waals surface area contributed by atoms with Crippen LogP contribution in [0, 0.1) is 0 Å². The standard InChI is InChI=1S/C12H25NO2/c1-11(2,15)8-9-13-12(10-14)6-4-3-5-7-12/h13-15H,3-10H2,1-2H3. The van der Waals surface area contributed by atoms with Gasteiger partial charge < -0.3 is 15.5 Å². The van der Waals surface area contributed by atoms with Gasteiger partial charge in [-0.2, -0.15) is 0 Å². The monoisotopic (exact) mass is 215 g/mol. The Kier molecular flexibility index (Phi) is 4.56. The predicted molar refractivity (Wildman–Crippen MR) is 61.8 cm³/mol. The second kappa shape index (κ2) is 5.28. The molecule has 0 atom stereocenters. The largest absolute Gasteiger partial charge is 0.394 e. The fourth-order valence-electron chi connectivity index (χ4n) is 2.25. The summed E-state index contributed by atoms with van der Waals surface area (Å²) in [5.74, 6) is 0. The summed E-state index contributed by atoms with van der Waals surface area (Å²) in [7, 11) is 0. The molecule has 0 heterocycles. The first-order valence-electron chi connectivity index (χ1n) is 6.06. The second-order valence-corrected chi connectivity index (χ2v) is 5.49. The van der Waals surface area contributed by atoms with Crippen molar-refractivity contribution < 1.29 is 10.2 Å². The minimum absolute atomic E-state index is 0.0660. The Hall–Kier alpha value is -0.120. The lowest BCUT2D eigenvalue weighted by Crippen LogP contribution is -2.51. The van der Waals surface area contributed by atoms with Gasteiger partial charge in [-0.3, -0.25) is 0 Å². The van der Waals surface area contributed by atoms with Gasteiger partial charge >= 0.3 is 0 Å². The van der Waals surface area contributed by atoms with Crippen LogP contribution < -0.4 is 5.32 Å². The zero-order valence-corrected chi connectivity index (χ0v) is 10.1. The lowest BCUT2D eigenvalue weighted by Gasteiger charge is -2.37. The number of hydrogen-bond donors (Lipinski definition) is 3. The maximum atomic E-state index is 9.60.